The van der Waals surface area contributed by atoms with Gasteiger partial charge in [0.15, 0.2) is 0 Å². The van der Waals surface area contributed by atoms with E-state index in [1.165, 1.54) is 24.4 Å². The van der Waals surface area contributed by atoms with Gasteiger partial charge in [-0.2, -0.15) is 9.78 Å². The van der Waals surface area contributed by atoms with Crippen LogP contribution in [0.25, 0.3) is 5.69 Å². The van der Waals surface area contributed by atoms with Crippen molar-refractivity contribution >= 4 is 23.2 Å². The molecule has 1 aromatic carbocycles. The van der Waals surface area contributed by atoms with Crippen molar-refractivity contribution in [2.24, 2.45) is 0 Å². The quantitative estimate of drug-likeness (QED) is 0.789. The topological polar surface area (TPSA) is 34.9 Å². The molecule has 1 heterocycles. The van der Waals surface area contributed by atoms with E-state index in [4.69, 9.17) is 23.2 Å². The fourth-order valence-corrected chi connectivity index (χ4v) is 1.46. The molecule has 0 unspecified atom stereocenters. The molecule has 6 heteroatoms. The lowest BCUT2D eigenvalue weighted by Gasteiger charge is -2.04. The predicted molar refractivity (Wildman–Crippen MR) is 59.8 cm³/mol. The van der Waals surface area contributed by atoms with Gasteiger partial charge < -0.3 is 0 Å². The first kappa shape index (κ1) is 11.1. The van der Waals surface area contributed by atoms with Crippen LogP contribution in [0.1, 0.15) is 0 Å². The molecule has 2 aromatic rings. The van der Waals surface area contributed by atoms with Crippen molar-refractivity contribution in [3.05, 3.63) is 56.7 Å². The third-order valence-electron chi connectivity index (χ3n) is 1.93. The fourth-order valence-electron chi connectivity index (χ4n) is 1.20. The SMILES string of the molecule is O=c1c(Cl)c(Cl)cnn1-c1cccc(F)c1. The van der Waals surface area contributed by atoms with E-state index >= 15 is 0 Å². The summed E-state index contributed by atoms with van der Waals surface area (Å²) in [5, 5.41) is 3.70. The van der Waals surface area contributed by atoms with Crippen molar-refractivity contribution in [2.75, 3.05) is 0 Å². The standard InChI is InChI=1S/C10H5Cl2FN2O/c11-8-5-14-15(10(16)9(8)12)7-3-1-2-6(13)4-7/h1-5H. The van der Waals surface area contributed by atoms with Crippen molar-refractivity contribution in [3.63, 3.8) is 0 Å². The Morgan fingerprint density at radius 3 is 2.75 bits per heavy atom. The molecule has 0 saturated carbocycles. The molecule has 2 rings (SSSR count). The Morgan fingerprint density at radius 2 is 2.06 bits per heavy atom. The van der Waals surface area contributed by atoms with E-state index in [0.717, 1.165) is 4.68 Å². The van der Waals surface area contributed by atoms with E-state index in [1.807, 2.05) is 0 Å². The Bertz CT molecular complexity index is 598. The number of rotatable bonds is 1. The second-order valence-electron chi connectivity index (χ2n) is 3.00. The molecule has 1 aromatic heterocycles. The van der Waals surface area contributed by atoms with Gasteiger partial charge in [0.25, 0.3) is 5.56 Å². The molecule has 3 nitrogen and oxygen atoms in total. The van der Waals surface area contributed by atoms with Crippen LogP contribution < -0.4 is 5.56 Å². The summed E-state index contributed by atoms with van der Waals surface area (Å²) in [6.07, 6.45) is 1.23. The number of hydrogen-bond donors (Lipinski definition) is 0. The fraction of sp³-hybridized carbons (Fsp3) is 0. The molecular formula is C10H5Cl2FN2O. The van der Waals surface area contributed by atoms with E-state index in [9.17, 15) is 9.18 Å². The zero-order valence-electron chi connectivity index (χ0n) is 7.82. The van der Waals surface area contributed by atoms with Crippen LogP contribution >= 0.6 is 23.2 Å². The summed E-state index contributed by atoms with van der Waals surface area (Å²) >= 11 is 11.3. The van der Waals surface area contributed by atoms with Crippen LogP contribution in [0.3, 0.4) is 0 Å². The van der Waals surface area contributed by atoms with E-state index < -0.39 is 11.4 Å². The first-order chi connectivity index (χ1) is 7.59. The second-order valence-corrected chi connectivity index (χ2v) is 3.79. The summed E-state index contributed by atoms with van der Waals surface area (Å²) in [6.45, 7) is 0. The average molecular weight is 259 g/mol. The highest BCUT2D eigenvalue weighted by molar-refractivity contribution is 6.41. The first-order valence-corrected chi connectivity index (χ1v) is 5.04. The van der Waals surface area contributed by atoms with Crippen molar-refractivity contribution in [3.8, 4) is 5.69 Å². The van der Waals surface area contributed by atoms with Gasteiger partial charge in [-0.1, -0.05) is 29.3 Å². The zero-order chi connectivity index (χ0) is 11.7. The second kappa shape index (κ2) is 4.23. The van der Waals surface area contributed by atoms with E-state index in [2.05, 4.69) is 5.10 Å². The third kappa shape index (κ3) is 1.94. The Labute approximate surface area is 100 Å². The zero-order valence-corrected chi connectivity index (χ0v) is 9.34. The molecule has 16 heavy (non-hydrogen) atoms. The normalized spacial score (nSPS) is 10.4. The highest BCUT2D eigenvalue weighted by atomic mass is 35.5. The van der Waals surface area contributed by atoms with E-state index in [1.54, 1.807) is 6.07 Å². The molecule has 0 aliphatic carbocycles. The lowest BCUT2D eigenvalue weighted by atomic mass is 10.3. The lowest BCUT2D eigenvalue weighted by molar-refractivity contribution is 0.624. The number of nitrogens with zero attached hydrogens (tertiary/aromatic N) is 2. The molecule has 82 valence electrons. The summed E-state index contributed by atoms with van der Waals surface area (Å²) < 4.78 is 13.9. The Hall–Kier alpha value is -1.39. The van der Waals surface area contributed by atoms with Crippen LogP contribution in [0.5, 0.6) is 0 Å². The summed E-state index contributed by atoms with van der Waals surface area (Å²) in [7, 11) is 0. The van der Waals surface area contributed by atoms with Crippen molar-refractivity contribution in [2.45, 2.75) is 0 Å². The molecule has 0 aliphatic heterocycles. The largest absolute Gasteiger partial charge is 0.291 e. The molecule has 0 N–H and O–H groups in total. The molecule has 0 aliphatic rings. The first-order valence-electron chi connectivity index (χ1n) is 4.29. The van der Waals surface area contributed by atoms with E-state index in [-0.39, 0.29) is 10.0 Å². The minimum absolute atomic E-state index is 0.0688. The Kier molecular flexibility index (Phi) is 2.94. The number of hydrogen-bond acceptors (Lipinski definition) is 2. The number of benzene rings is 1. The van der Waals surface area contributed by atoms with Crippen LogP contribution in [0.4, 0.5) is 4.39 Å². The van der Waals surface area contributed by atoms with Gasteiger partial charge in [-0.15, -0.1) is 0 Å². The summed E-state index contributed by atoms with van der Waals surface area (Å²) in [4.78, 5) is 11.7. The smallest absolute Gasteiger partial charge is 0.266 e. The minimum atomic E-state index is -0.584. The maximum absolute atomic E-state index is 13.0. The van der Waals surface area contributed by atoms with Gasteiger partial charge >= 0.3 is 0 Å². The molecule has 0 spiro atoms. The molecule has 0 bridgehead atoms. The molecule has 0 saturated heterocycles. The molecule has 0 atom stereocenters. The Morgan fingerprint density at radius 1 is 1.31 bits per heavy atom. The van der Waals surface area contributed by atoms with Crippen LogP contribution in [0.15, 0.2) is 35.3 Å². The molecular weight excluding hydrogens is 254 g/mol. The minimum Gasteiger partial charge on any atom is -0.266 e. The molecule has 0 amide bonds. The maximum Gasteiger partial charge on any atom is 0.291 e. The Balaban J connectivity index is 2.66. The summed E-state index contributed by atoms with van der Waals surface area (Å²) in [6, 6.07) is 5.47. The van der Waals surface area contributed by atoms with Gasteiger partial charge in [0.1, 0.15) is 10.8 Å². The lowest BCUT2D eigenvalue weighted by Crippen LogP contribution is -2.21. The van der Waals surface area contributed by atoms with Gasteiger partial charge in [0.2, 0.25) is 0 Å². The summed E-state index contributed by atoms with van der Waals surface area (Å²) in [5.74, 6) is -0.461. The monoisotopic (exact) mass is 258 g/mol. The predicted octanol–water partition coefficient (Wildman–Crippen LogP) is 2.68. The molecule has 0 fully saturated rings. The number of halogens is 3. The van der Waals surface area contributed by atoms with Crippen molar-refractivity contribution < 1.29 is 4.39 Å². The van der Waals surface area contributed by atoms with Crippen LogP contribution in [-0.2, 0) is 0 Å². The van der Waals surface area contributed by atoms with Crippen LogP contribution in [0, 0.1) is 5.82 Å². The van der Waals surface area contributed by atoms with Gasteiger partial charge in [0.05, 0.1) is 16.9 Å². The van der Waals surface area contributed by atoms with Crippen molar-refractivity contribution in [1.29, 1.82) is 0 Å². The van der Waals surface area contributed by atoms with Crippen LogP contribution in [0.2, 0.25) is 10.0 Å². The van der Waals surface area contributed by atoms with Crippen LogP contribution in [-0.4, -0.2) is 9.78 Å². The van der Waals surface area contributed by atoms with Gasteiger partial charge in [-0.05, 0) is 18.2 Å². The van der Waals surface area contributed by atoms with E-state index in [0.29, 0.717) is 5.69 Å². The maximum atomic E-state index is 13.0. The average Bonchev–Trinajstić information content (AvgIpc) is 2.26. The number of aromatic nitrogens is 2. The molecule has 0 radical (unpaired) electrons. The third-order valence-corrected chi connectivity index (χ3v) is 2.68. The van der Waals surface area contributed by atoms with Crippen molar-refractivity contribution in [1.82, 2.24) is 9.78 Å². The van der Waals surface area contributed by atoms with Gasteiger partial charge in [0, 0.05) is 0 Å². The highest BCUT2D eigenvalue weighted by Gasteiger charge is 2.09. The highest BCUT2D eigenvalue weighted by Crippen LogP contribution is 2.16. The summed E-state index contributed by atoms with van der Waals surface area (Å²) in [5.41, 5.74) is -0.289. The van der Waals surface area contributed by atoms with Gasteiger partial charge in [-0.25, -0.2) is 4.39 Å². The van der Waals surface area contributed by atoms with Gasteiger partial charge in [-0.3, -0.25) is 4.79 Å².